The highest BCUT2D eigenvalue weighted by molar-refractivity contribution is 6.33. The first-order valence-corrected chi connectivity index (χ1v) is 13.6. The van der Waals surface area contributed by atoms with Gasteiger partial charge >= 0.3 is 6.18 Å². The first kappa shape index (κ1) is 27.7. The maximum Gasteiger partial charge on any atom is 0.416 e. The summed E-state index contributed by atoms with van der Waals surface area (Å²) in [5.74, 6) is 0.579. The van der Waals surface area contributed by atoms with Gasteiger partial charge in [-0.2, -0.15) is 23.0 Å². The van der Waals surface area contributed by atoms with Crippen LogP contribution in [0.2, 0.25) is 5.02 Å². The molecule has 2 aromatic heterocycles. The lowest BCUT2D eigenvalue weighted by Crippen LogP contribution is -2.37. The van der Waals surface area contributed by atoms with Crippen LogP contribution in [0.5, 0.6) is 0 Å². The van der Waals surface area contributed by atoms with E-state index in [9.17, 15) is 23.1 Å². The number of ether oxygens (including phenoxy) is 1. The molecule has 2 aliphatic rings. The molecule has 0 spiro atoms. The first-order valence-electron chi connectivity index (χ1n) is 13.2. The number of anilines is 1. The summed E-state index contributed by atoms with van der Waals surface area (Å²) in [5, 5.41) is 15.7. The van der Waals surface area contributed by atoms with Gasteiger partial charge in [0.2, 0.25) is 0 Å². The van der Waals surface area contributed by atoms with E-state index in [2.05, 4.69) is 5.10 Å². The van der Waals surface area contributed by atoms with E-state index in [-0.39, 0.29) is 17.1 Å². The number of hydrogen-bond donors (Lipinski definition) is 1. The van der Waals surface area contributed by atoms with Gasteiger partial charge in [0.05, 0.1) is 35.4 Å². The molecule has 8 nitrogen and oxygen atoms in total. The van der Waals surface area contributed by atoms with Gasteiger partial charge in [-0.25, -0.2) is 4.98 Å². The summed E-state index contributed by atoms with van der Waals surface area (Å²) in [7, 11) is 0. The maximum atomic E-state index is 13.9. The minimum Gasteiger partial charge on any atom is -0.382 e. The van der Waals surface area contributed by atoms with Crippen LogP contribution in [0.1, 0.15) is 78.8 Å². The fourth-order valence-corrected chi connectivity index (χ4v) is 5.68. The van der Waals surface area contributed by atoms with Crippen molar-refractivity contribution in [1.82, 2.24) is 19.3 Å². The second-order valence-corrected chi connectivity index (χ2v) is 10.5. The molecule has 2 unspecified atom stereocenters. The number of alkyl halides is 3. The quantitative estimate of drug-likeness (QED) is 0.444. The Hall–Kier alpha value is -2.89. The number of aryl methyl sites for hydroxylation is 2. The molecule has 210 valence electrons. The zero-order valence-corrected chi connectivity index (χ0v) is 22.6. The number of aliphatic hydroxyl groups excluding tert-OH is 1. The zero-order valence-electron chi connectivity index (χ0n) is 21.8. The minimum absolute atomic E-state index is 0.0303. The molecule has 4 heterocycles. The number of fused-ring (bicyclic) bond motifs is 1. The number of aromatic nitrogens is 4. The second-order valence-electron chi connectivity index (χ2n) is 10.1. The summed E-state index contributed by atoms with van der Waals surface area (Å²) < 4.78 is 50.4. The van der Waals surface area contributed by atoms with Crippen molar-refractivity contribution in [3.63, 3.8) is 0 Å². The summed E-state index contributed by atoms with van der Waals surface area (Å²) in [6.07, 6.45) is -1.23. The minimum atomic E-state index is -4.61. The molecule has 1 saturated heterocycles. The fourth-order valence-electron chi connectivity index (χ4n) is 5.42. The van der Waals surface area contributed by atoms with Crippen molar-refractivity contribution in [2.75, 3.05) is 18.1 Å². The van der Waals surface area contributed by atoms with E-state index < -0.39 is 29.6 Å². The van der Waals surface area contributed by atoms with Crippen molar-refractivity contribution >= 4 is 17.3 Å². The van der Waals surface area contributed by atoms with Crippen molar-refractivity contribution in [1.29, 1.82) is 0 Å². The Morgan fingerprint density at radius 1 is 1.26 bits per heavy atom. The van der Waals surface area contributed by atoms with Gasteiger partial charge < -0.3 is 19.3 Å². The molecular weight excluding hydrogens is 535 g/mol. The third-order valence-electron chi connectivity index (χ3n) is 7.34. The highest BCUT2D eigenvalue weighted by atomic mass is 35.5. The van der Waals surface area contributed by atoms with Crippen LogP contribution in [0.3, 0.4) is 0 Å². The molecule has 5 rings (SSSR count). The van der Waals surface area contributed by atoms with E-state index >= 15 is 0 Å². The van der Waals surface area contributed by atoms with E-state index in [1.54, 1.807) is 23.8 Å². The van der Waals surface area contributed by atoms with Gasteiger partial charge in [-0.3, -0.25) is 4.79 Å². The van der Waals surface area contributed by atoms with Crippen LogP contribution in [0, 0.1) is 6.92 Å². The van der Waals surface area contributed by atoms with E-state index in [1.807, 2.05) is 11.8 Å². The Labute approximate surface area is 229 Å². The van der Waals surface area contributed by atoms with E-state index in [4.69, 9.17) is 21.3 Å². The van der Waals surface area contributed by atoms with E-state index in [0.29, 0.717) is 67.4 Å². The maximum absolute atomic E-state index is 13.9. The van der Waals surface area contributed by atoms with Crippen LogP contribution in [0.25, 0.3) is 0 Å². The van der Waals surface area contributed by atoms with Crippen molar-refractivity contribution in [2.24, 2.45) is 0 Å². The van der Waals surface area contributed by atoms with Crippen molar-refractivity contribution in [2.45, 2.75) is 77.5 Å². The molecule has 39 heavy (non-hydrogen) atoms. The van der Waals surface area contributed by atoms with Gasteiger partial charge in [0, 0.05) is 19.7 Å². The highest BCUT2D eigenvalue weighted by Crippen LogP contribution is 2.39. The summed E-state index contributed by atoms with van der Waals surface area (Å²) in [5.41, 5.74) is 0.360. The van der Waals surface area contributed by atoms with Crippen molar-refractivity contribution < 1.29 is 23.0 Å². The number of benzene rings is 1. The van der Waals surface area contributed by atoms with Gasteiger partial charge in [-0.1, -0.05) is 42.6 Å². The molecule has 12 heteroatoms. The third-order valence-corrected chi connectivity index (χ3v) is 7.69. The molecular formula is C27H31ClF3N5O3. The predicted molar refractivity (Wildman–Crippen MR) is 140 cm³/mol. The Morgan fingerprint density at radius 3 is 2.74 bits per heavy atom. The van der Waals surface area contributed by atoms with Crippen LogP contribution in [-0.2, 0) is 30.4 Å². The van der Waals surface area contributed by atoms with Gasteiger partial charge in [0.15, 0.2) is 6.23 Å². The standard InChI is InChI=1S/C27H31ClF3N5O3/c1-3-6-19-24(25(37)17-9-8-16(2)13-18(17)27(29,30)31)35-11-10-34(15-21(35)33-19)20-14-32-36(26(38)23(20)28)22-7-4-5-12-39-22/h8-9,13-14,22,25,37H,3-7,10-12,15H2,1-2H3. The lowest BCUT2D eigenvalue weighted by molar-refractivity contribution is -0.139. The normalized spacial score (nSPS) is 18.7. The van der Waals surface area contributed by atoms with Crippen LogP contribution in [0.15, 0.2) is 29.2 Å². The van der Waals surface area contributed by atoms with Gasteiger partial charge in [-0.15, -0.1) is 0 Å². The number of nitrogens with zero attached hydrogens (tertiary/aromatic N) is 5. The monoisotopic (exact) mass is 565 g/mol. The van der Waals surface area contributed by atoms with Crippen LogP contribution < -0.4 is 10.5 Å². The Balaban J connectivity index is 1.48. The number of halogens is 4. The van der Waals surface area contributed by atoms with Crippen LogP contribution >= 0.6 is 11.6 Å². The molecule has 0 radical (unpaired) electrons. The average Bonchev–Trinajstić information content (AvgIpc) is 3.27. The van der Waals surface area contributed by atoms with Gasteiger partial charge in [-0.05, 0) is 44.2 Å². The van der Waals surface area contributed by atoms with E-state index in [0.717, 1.165) is 18.9 Å². The highest BCUT2D eigenvalue weighted by Gasteiger charge is 2.37. The Morgan fingerprint density at radius 2 is 2.05 bits per heavy atom. The molecule has 2 atom stereocenters. The van der Waals surface area contributed by atoms with E-state index in [1.165, 1.54) is 10.7 Å². The summed E-state index contributed by atoms with van der Waals surface area (Å²) in [4.78, 5) is 19.6. The molecule has 0 bridgehead atoms. The predicted octanol–water partition coefficient (Wildman–Crippen LogP) is 5.17. The average molecular weight is 566 g/mol. The smallest absolute Gasteiger partial charge is 0.382 e. The number of rotatable bonds is 6. The zero-order chi connectivity index (χ0) is 27.9. The summed E-state index contributed by atoms with van der Waals surface area (Å²) in [6.45, 7) is 5.10. The molecule has 0 amide bonds. The van der Waals surface area contributed by atoms with Crippen molar-refractivity contribution in [3.8, 4) is 0 Å². The lowest BCUT2D eigenvalue weighted by Gasteiger charge is -2.32. The number of hydrogen-bond acceptors (Lipinski definition) is 6. The molecule has 0 aliphatic carbocycles. The molecule has 1 N–H and O–H groups in total. The molecule has 1 aromatic carbocycles. The Kier molecular flexibility index (Phi) is 7.76. The Bertz CT molecular complexity index is 1410. The third kappa shape index (κ3) is 5.31. The molecule has 2 aliphatic heterocycles. The second kappa shape index (κ2) is 10.9. The SMILES string of the molecule is CCCc1nc2n(c1C(O)c1ccc(C)cc1C(F)(F)F)CCN(c1cnn(C3CCCCO3)c(=O)c1Cl)C2. The van der Waals surface area contributed by atoms with Gasteiger partial charge in [0.25, 0.3) is 5.56 Å². The fraction of sp³-hybridized carbons (Fsp3) is 0.519. The van der Waals surface area contributed by atoms with Crippen LogP contribution in [0.4, 0.5) is 18.9 Å². The number of aliphatic hydroxyl groups is 1. The lowest BCUT2D eigenvalue weighted by atomic mass is 9.96. The molecule has 0 saturated carbocycles. The summed E-state index contributed by atoms with van der Waals surface area (Å²) in [6, 6.07) is 3.96. The molecule has 1 fully saturated rings. The first-order chi connectivity index (χ1) is 18.6. The van der Waals surface area contributed by atoms with Crippen molar-refractivity contribution in [3.05, 3.63) is 73.7 Å². The number of imidazole rings is 1. The summed E-state index contributed by atoms with van der Waals surface area (Å²) >= 11 is 6.52. The van der Waals surface area contributed by atoms with Crippen LogP contribution in [-0.4, -0.2) is 37.6 Å². The van der Waals surface area contributed by atoms with Gasteiger partial charge in [0.1, 0.15) is 17.0 Å². The molecule has 3 aromatic rings. The topological polar surface area (TPSA) is 85.4 Å². The largest absolute Gasteiger partial charge is 0.416 e.